The summed E-state index contributed by atoms with van der Waals surface area (Å²) >= 11 is 0. The Morgan fingerprint density at radius 2 is 1.85 bits per heavy atom. The van der Waals surface area contributed by atoms with Crippen molar-refractivity contribution in [2.24, 2.45) is 0 Å². The molecule has 100 valence electrons. The van der Waals surface area contributed by atoms with E-state index >= 15 is 0 Å². The van der Waals surface area contributed by atoms with Gasteiger partial charge in [0.15, 0.2) is 0 Å². The lowest BCUT2D eigenvalue weighted by Crippen LogP contribution is -2.27. The van der Waals surface area contributed by atoms with Crippen LogP contribution in [0.3, 0.4) is 0 Å². The number of fused-ring (bicyclic) bond motifs is 3. The number of likely N-dealkylation sites (N-methyl/N-ethyl adjacent to an activating group) is 1. The van der Waals surface area contributed by atoms with Gasteiger partial charge in [-0.25, -0.2) is 0 Å². The number of rotatable bonds is 1. The first kappa shape index (κ1) is 11.7. The number of para-hydroxylation sites is 1. The summed E-state index contributed by atoms with van der Waals surface area (Å²) < 4.78 is 2.40. The normalized spacial score (nSPS) is 15.4. The molecule has 3 aromatic rings. The third kappa shape index (κ3) is 1.67. The largest absolute Gasteiger partial charge is 0.313 e. The number of hydrogen-bond acceptors (Lipinski definition) is 2. The molecule has 0 fully saturated rings. The minimum absolute atomic E-state index is 1.04. The van der Waals surface area contributed by atoms with Crippen LogP contribution in [0.5, 0.6) is 0 Å². The molecule has 3 heterocycles. The third-order valence-corrected chi connectivity index (χ3v) is 4.17. The molecule has 0 amide bonds. The lowest BCUT2D eigenvalue weighted by Gasteiger charge is -2.24. The van der Waals surface area contributed by atoms with E-state index in [2.05, 4.69) is 57.9 Å². The summed E-state index contributed by atoms with van der Waals surface area (Å²) in [5.41, 5.74) is 5.45. The van der Waals surface area contributed by atoms with Gasteiger partial charge in [-0.1, -0.05) is 18.2 Å². The van der Waals surface area contributed by atoms with Crippen LogP contribution in [-0.4, -0.2) is 28.0 Å². The van der Waals surface area contributed by atoms with Crippen molar-refractivity contribution < 1.29 is 0 Å². The van der Waals surface area contributed by atoms with Gasteiger partial charge in [-0.05, 0) is 30.8 Å². The second kappa shape index (κ2) is 4.46. The standard InChI is InChI=1S/C17H17N3/c1-19-11-8-17-15(12-19)14-4-2-3-5-16(14)20(17)13-6-9-18-10-7-13/h2-7,9-10H,8,11-12H2,1H3. The Morgan fingerprint density at radius 1 is 1.05 bits per heavy atom. The van der Waals surface area contributed by atoms with E-state index in [1.165, 1.54) is 27.8 Å². The molecule has 1 aromatic carbocycles. The van der Waals surface area contributed by atoms with Gasteiger partial charge in [-0.15, -0.1) is 0 Å². The number of nitrogens with zero attached hydrogens (tertiary/aromatic N) is 3. The Morgan fingerprint density at radius 3 is 2.70 bits per heavy atom. The van der Waals surface area contributed by atoms with Crippen LogP contribution in [0.2, 0.25) is 0 Å². The van der Waals surface area contributed by atoms with Crippen LogP contribution in [0.4, 0.5) is 0 Å². The van der Waals surface area contributed by atoms with Crippen LogP contribution >= 0.6 is 0 Å². The molecule has 1 aliphatic rings. The molecule has 3 heteroatoms. The maximum absolute atomic E-state index is 4.14. The van der Waals surface area contributed by atoms with Crippen molar-refractivity contribution in [3.8, 4) is 5.69 Å². The van der Waals surface area contributed by atoms with Gasteiger partial charge in [-0.3, -0.25) is 4.98 Å². The van der Waals surface area contributed by atoms with Gasteiger partial charge in [0, 0.05) is 48.7 Å². The molecular formula is C17H17N3. The average molecular weight is 263 g/mol. The molecule has 0 radical (unpaired) electrons. The molecule has 4 rings (SSSR count). The van der Waals surface area contributed by atoms with Gasteiger partial charge in [-0.2, -0.15) is 0 Å². The molecule has 0 saturated carbocycles. The van der Waals surface area contributed by atoms with Gasteiger partial charge < -0.3 is 9.47 Å². The summed E-state index contributed by atoms with van der Waals surface area (Å²) in [5, 5.41) is 1.38. The van der Waals surface area contributed by atoms with E-state index in [0.717, 1.165) is 19.5 Å². The van der Waals surface area contributed by atoms with E-state index in [-0.39, 0.29) is 0 Å². The number of pyridine rings is 1. The Labute approximate surface area is 118 Å². The predicted molar refractivity (Wildman–Crippen MR) is 81.1 cm³/mol. The predicted octanol–water partition coefficient (Wildman–Crippen LogP) is 3.01. The average Bonchev–Trinajstić information content (AvgIpc) is 2.82. The summed E-state index contributed by atoms with van der Waals surface area (Å²) in [6.07, 6.45) is 4.83. The molecule has 0 aliphatic carbocycles. The second-order valence-electron chi connectivity index (χ2n) is 5.47. The molecule has 1 aliphatic heterocycles. The zero-order chi connectivity index (χ0) is 13.5. The highest BCUT2D eigenvalue weighted by Gasteiger charge is 2.22. The van der Waals surface area contributed by atoms with Crippen LogP contribution in [0, 0.1) is 0 Å². The third-order valence-electron chi connectivity index (χ3n) is 4.17. The molecule has 0 bridgehead atoms. The van der Waals surface area contributed by atoms with E-state index < -0.39 is 0 Å². The first-order valence-electron chi connectivity index (χ1n) is 7.05. The molecule has 0 spiro atoms. The zero-order valence-corrected chi connectivity index (χ0v) is 11.6. The van der Waals surface area contributed by atoms with Crippen molar-refractivity contribution >= 4 is 10.9 Å². The van der Waals surface area contributed by atoms with Crippen molar-refractivity contribution in [3.63, 3.8) is 0 Å². The van der Waals surface area contributed by atoms with Gasteiger partial charge in [0.2, 0.25) is 0 Å². The molecule has 0 N–H and O–H groups in total. The van der Waals surface area contributed by atoms with Crippen molar-refractivity contribution in [2.45, 2.75) is 13.0 Å². The fourth-order valence-corrected chi connectivity index (χ4v) is 3.23. The number of benzene rings is 1. The van der Waals surface area contributed by atoms with Gasteiger partial charge >= 0.3 is 0 Å². The second-order valence-corrected chi connectivity index (χ2v) is 5.47. The van der Waals surface area contributed by atoms with E-state index in [4.69, 9.17) is 0 Å². The molecule has 0 atom stereocenters. The maximum atomic E-state index is 4.14. The number of hydrogen-bond donors (Lipinski definition) is 0. The first-order valence-corrected chi connectivity index (χ1v) is 7.05. The van der Waals surface area contributed by atoms with Gasteiger partial charge in [0.05, 0.1) is 5.52 Å². The molecule has 3 nitrogen and oxygen atoms in total. The minimum atomic E-state index is 1.04. The van der Waals surface area contributed by atoms with Crippen molar-refractivity contribution in [3.05, 3.63) is 60.0 Å². The summed E-state index contributed by atoms with van der Waals surface area (Å²) in [6.45, 7) is 2.16. The highest BCUT2D eigenvalue weighted by atomic mass is 15.1. The Hall–Kier alpha value is -2.13. The summed E-state index contributed by atoms with van der Waals surface area (Å²) in [7, 11) is 2.20. The molecule has 20 heavy (non-hydrogen) atoms. The summed E-state index contributed by atoms with van der Waals surface area (Å²) in [5.74, 6) is 0. The number of aromatic nitrogens is 2. The monoisotopic (exact) mass is 263 g/mol. The maximum Gasteiger partial charge on any atom is 0.0534 e. The molecule has 0 saturated heterocycles. The Bertz CT molecular complexity index is 759. The van der Waals surface area contributed by atoms with Crippen LogP contribution < -0.4 is 0 Å². The summed E-state index contributed by atoms with van der Waals surface area (Å²) in [6, 6.07) is 12.9. The van der Waals surface area contributed by atoms with E-state index in [1.54, 1.807) is 0 Å². The van der Waals surface area contributed by atoms with Crippen molar-refractivity contribution in [2.75, 3.05) is 13.6 Å². The van der Waals surface area contributed by atoms with Crippen molar-refractivity contribution in [1.82, 2.24) is 14.5 Å². The van der Waals surface area contributed by atoms with Gasteiger partial charge in [0.1, 0.15) is 0 Å². The molecular weight excluding hydrogens is 246 g/mol. The lowest BCUT2D eigenvalue weighted by molar-refractivity contribution is 0.311. The van der Waals surface area contributed by atoms with Crippen LogP contribution in [-0.2, 0) is 13.0 Å². The first-order chi connectivity index (χ1) is 9.84. The van der Waals surface area contributed by atoms with Gasteiger partial charge in [0.25, 0.3) is 0 Å². The van der Waals surface area contributed by atoms with E-state index in [1.807, 2.05) is 12.4 Å². The smallest absolute Gasteiger partial charge is 0.0534 e. The van der Waals surface area contributed by atoms with Crippen LogP contribution in [0.15, 0.2) is 48.8 Å². The fraction of sp³-hybridized carbons (Fsp3) is 0.235. The fourth-order valence-electron chi connectivity index (χ4n) is 3.23. The summed E-state index contributed by atoms with van der Waals surface area (Å²) in [4.78, 5) is 6.53. The Balaban J connectivity index is 2.06. The highest BCUT2D eigenvalue weighted by molar-refractivity contribution is 5.87. The molecule has 0 unspecified atom stereocenters. The SMILES string of the molecule is CN1CCc2c(c3ccccc3n2-c2ccncc2)C1. The van der Waals surface area contributed by atoms with E-state index in [9.17, 15) is 0 Å². The van der Waals surface area contributed by atoms with Crippen LogP contribution in [0.1, 0.15) is 11.3 Å². The Kier molecular flexibility index (Phi) is 2.60. The lowest BCUT2D eigenvalue weighted by atomic mass is 10.1. The van der Waals surface area contributed by atoms with Crippen molar-refractivity contribution in [1.29, 1.82) is 0 Å². The zero-order valence-electron chi connectivity index (χ0n) is 11.6. The highest BCUT2D eigenvalue weighted by Crippen LogP contribution is 2.32. The minimum Gasteiger partial charge on any atom is -0.313 e. The molecule has 2 aromatic heterocycles. The van der Waals surface area contributed by atoms with E-state index in [0.29, 0.717) is 0 Å². The topological polar surface area (TPSA) is 21.1 Å². The quantitative estimate of drug-likeness (QED) is 0.673. The van der Waals surface area contributed by atoms with Crippen LogP contribution in [0.25, 0.3) is 16.6 Å².